The lowest BCUT2D eigenvalue weighted by Crippen LogP contribution is -2.22. The number of carbonyl (C=O) groups excluding carboxylic acids is 1. The number of alkyl halides is 3. The molecular formula is C12H5F7N4O4. The Hall–Kier alpha value is -3.23. The van der Waals surface area contributed by atoms with Crippen molar-refractivity contribution in [2.75, 3.05) is 11.9 Å². The normalized spacial score (nSPS) is 11.6. The van der Waals surface area contributed by atoms with Crippen molar-refractivity contribution in [2.24, 2.45) is 0 Å². The van der Waals surface area contributed by atoms with Gasteiger partial charge in [0.2, 0.25) is 5.82 Å². The summed E-state index contributed by atoms with van der Waals surface area (Å²) in [6.45, 7) is -1.26. The number of aliphatic hydroxyl groups excluding tert-OH is 1. The molecule has 0 aliphatic rings. The average molecular weight is 402 g/mol. The van der Waals surface area contributed by atoms with E-state index in [-0.39, 0.29) is 4.68 Å². The molecule has 15 heteroatoms. The third-order valence-corrected chi connectivity index (χ3v) is 3.08. The van der Waals surface area contributed by atoms with E-state index < -0.39 is 69.6 Å². The van der Waals surface area contributed by atoms with Crippen molar-refractivity contribution in [3.63, 3.8) is 0 Å². The van der Waals surface area contributed by atoms with Crippen LogP contribution >= 0.6 is 0 Å². The molecule has 0 radical (unpaired) electrons. The molecule has 0 aliphatic heterocycles. The number of aromatic nitrogens is 2. The number of amides is 1. The van der Waals surface area contributed by atoms with Crippen molar-refractivity contribution in [1.29, 1.82) is 0 Å². The van der Waals surface area contributed by atoms with Crippen LogP contribution in [0.3, 0.4) is 0 Å². The smallest absolute Gasteiger partial charge is 0.387 e. The van der Waals surface area contributed by atoms with Gasteiger partial charge in [-0.25, -0.2) is 22.2 Å². The zero-order valence-corrected chi connectivity index (χ0v) is 12.4. The van der Waals surface area contributed by atoms with Crippen LogP contribution in [0, 0.1) is 33.4 Å². The van der Waals surface area contributed by atoms with E-state index in [2.05, 4.69) is 5.10 Å². The maximum absolute atomic E-state index is 14.1. The van der Waals surface area contributed by atoms with E-state index in [9.17, 15) is 45.6 Å². The van der Waals surface area contributed by atoms with Gasteiger partial charge in [-0.2, -0.15) is 18.3 Å². The molecule has 0 saturated heterocycles. The van der Waals surface area contributed by atoms with Crippen LogP contribution in [0.2, 0.25) is 0 Å². The molecule has 1 aromatic carbocycles. The predicted molar refractivity (Wildman–Crippen MR) is 70.8 cm³/mol. The second-order valence-electron chi connectivity index (χ2n) is 4.73. The third-order valence-electron chi connectivity index (χ3n) is 3.08. The first-order valence-corrected chi connectivity index (χ1v) is 6.48. The summed E-state index contributed by atoms with van der Waals surface area (Å²) < 4.78 is 93.1. The highest BCUT2D eigenvalue weighted by Crippen LogP contribution is 2.39. The molecule has 0 atom stereocenters. The van der Waals surface area contributed by atoms with Gasteiger partial charge < -0.3 is 10.4 Å². The van der Waals surface area contributed by atoms with Crippen LogP contribution in [-0.4, -0.2) is 32.3 Å². The number of nitrogens with zero attached hydrogens (tertiary/aromatic N) is 3. The Labute approximate surface area is 143 Å². The highest BCUT2D eigenvalue weighted by Gasteiger charge is 2.43. The molecule has 2 rings (SSSR count). The van der Waals surface area contributed by atoms with Crippen LogP contribution < -0.4 is 5.32 Å². The molecule has 146 valence electrons. The SMILES string of the molecule is O=C(CO)Nc1c([N+](=O)[O-])cnn1-c1c(F)c(F)c(C(F)(F)F)c(F)c1F. The summed E-state index contributed by atoms with van der Waals surface area (Å²) in [6, 6.07) is 0. The summed E-state index contributed by atoms with van der Waals surface area (Å²) in [7, 11) is 0. The van der Waals surface area contributed by atoms with Crippen molar-refractivity contribution < 1.29 is 45.6 Å². The molecule has 27 heavy (non-hydrogen) atoms. The van der Waals surface area contributed by atoms with Gasteiger partial charge in [0.05, 0.1) is 4.92 Å². The number of hydrogen-bond donors (Lipinski definition) is 2. The number of rotatable bonds is 4. The van der Waals surface area contributed by atoms with E-state index in [1.54, 1.807) is 5.32 Å². The Kier molecular flexibility index (Phi) is 5.08. The van der Waals surface area contributed by atoms with Crippen LogP contribution in [0.15, 0.2) is 6.20 Å². The fourth-order valence-electron chi connectivity index (χ4n) is 1.99. The van der Waals surface area contributed by atoms with Gasteiger partial charge in [-0.15, -0.1) is 0 Å². The standard InChI is InChI=1S/C12H5F7N4O4/c13-6-5(12(17,18)19)7(14)9(16)10(8(6)15)22-11(21-4(25)2-24)3(1-20-22)23(26)27/h1,24H,2H2,(H,21,25). The Bertz CT molecular complexity index is 912. The number of benzene rings is 1. The molecule has 0 saturated carbocycles. The first-order chi connectivity index (χ1) is 12.4. The Balaban J connectivity index is 2.84. The second-order valence-corrected chi connectivity index (χ2v) is 4.73. The van der Waals surface area contributed by atoms with Gasteiger partial charge in [0.1, 0.15) is 24.1 Å². The van der Waals surface area contributed by atoms with Gasteiger partial charge in [-0.05, 0) is 0 Å². The summed E-state index contributed by atoms with van der Waals surface area (Å²) in [5.41, 5.74) is -5.88. The first kappa shape index (κ1) is 20.1. The van der Waals surface area contributed by atoms with E-state index >= 15 is 0 Å². The van der Waals surface area contributed by atoms with Crippen LogP contribution in [-0.2, 0) is 11.0 Å². The largest absolute Gasteiger partial charge is 0.422 e. The van der Waals surface area contributed by atoms with Crippen molar-refractivity contribution in [3.05, 3.63) is 45.1 Å². The molecule has 0 aliphatic carbocycles. The van der Waals surface area contributed by atoms with Crippen LogP contribution in [0.1, 0.15) is 5.56 Å². The highest BCUT2D eigenvalue weighted by molar-refractivity contribution is 5.93. The van der Waals surface area contributed by atoms with Gasteiger partial charge in [0.25, 0.3) is 5.91 Å². The molecule has 1 aromatic heterocycles. The van der Waals surface area contributed by atoms with Crippen LogP contribution in [0.5, 0.6) is 0 Å². The summed E-state index contributed by atoms with van der Waals surface area (Å²) in [5, 5.41) is 24.2. The van der Waals surface area contributed by atoms with Gasteiger partial charge in [-0.1, -0.05) is 0 Å². The Morgan fingerprint density at radius 2 is 1.70 bits per heavy atom. The van der Waals surface area contributed by atoms with E-state index in [0.29, 0.717) is 6.20 Å². The van der Waals surface area contributed by atoms with E-state index in [1.165, 1.54) is 0 Å². The fourth-order valence-corrected chi connectivity index (χ4v) is 1.99. The van der Waals surface area contributed by atoms with Crippen molar-refractivity contribution in [3.8, 4) is 5.69 Å². The van der Waals surface area contributed by atoms with Crippen molar-refractivity contribution in [2.45, 2.75) is 6.18 Å². The Morgan fingerprint density at radius 3 is 2.11 bits per heavy atom. The van der Waals surface area contributed by atoms with E-state index in [4.69, 9.17) is 5.11 Å². The summed E-state index contributed by atoms with van der Waals surface area (Å²) >= 11 is 0. The van der Waals surface area contributed by atoms with E-state index in [1.807, 2.05) is 0 Å². The molecule has 0 spiro atoms. The number of hydrogen-bond acceptors (Lipinski definition) is 5. The molecule has 2 aromatic rings. The van der Waals surface area contributed by atoms with Gasteiger partial charge >= 0.3 is 11.9 Å². The number of aliphatic hydroxyl groups is 1. The summed E-state index contributed by atoms with van der Waals surface area (Å²) in [6.07, 6.45) is -5.49. The summed E-state index contributed by atoms with van der Waals surface area (Å²) in [4.78, 5) is 20.9. The molecular weight excluding hydrogens is 397 g/mol. The topological polar surface area (TPSA) is 110 Å². The highest BCUT2D eigenvalue weighted by atomic mass is 19.4. The van der Waals surface area contributed by atoms with E-state index in [0.717, 1.165) is 0 Å². The molecule has 8 nitrogen and oxygen atoms in total. The summed E-state index contributed by atoms with van der Waals surface area (Å²) in [5.74, 6) is -13.3. The van der Waals surface area contributed by atoms with Crippen LogP contribution in [0.4, 0.5) is 42.2 Å². The zero-order valence-electron chi connectivity index (χ0n) is 12.4. The van der Waals surface area contributed by atoms with Crippen molar-refractivity contribution >= 4 is 17.4 Å². The molecule has 2 N–H and O–H groups in total. The predicted octanol–water partition coefficient (Wildman–Crippen LogP) is 2.29. The molecule has 0 fully saturated rings. The molecule has 0 unspecified atom stereocenters. The minimum Gasteiger partial charge on any atom is -0.387 e. The lowest BCUT2D eigenvalue weighted by molar-refractivity contribution is -0.384. The maximum Gasteiger partial charge on any atom is 0.422 e. The molecule has 0 bridgehead atoms. The van der Waals surface area contributed by atoms with Gasteiger partial charge in [0, 0.05) is 0 Å². The third kappa shape index (κ3) is 3.40. The van der Waals surface area contributed by atoms with Crippen molar-refractivity contribution in [1.82, 2.24) is 9.78 Å². The minimum absolute atomic E-state index is 0.220. The Morgan fingerprint density at radius 1 is 1.19 bits per heavy atom. The monoisotopic (exact) mass is 402 g/mol. The average Bonchev–Trinajstić information content (AvgIpc) is 2.95. The quantitative estimate of drug-likeness (QED) is 0.353. The number of anilines is 1. The number of nitrogens with one attached hydrogen (secondary N) is 1. The lowest BCUT2D eigenvalue weighted by Gasteiger charge is -2.15. The molecule has 1 amide bonds. The lowest BCUT2D eigenvalue weighted by atomic mass is 10.1. The first-order valence-electron chi connectivity index (χ1n) is 6.48. The zero-order chi connectivity index (χ0) is 20.7. The fraction of sp³-hybridized carbons (Fsp3) is 0.167. The number of halogens is 7. The van der Waals surface area contributed by atoms with Gasteiger partial charge in [0.15, 0.2) is 23.3 Å². The number of carbonyl (C=O) groups is 1. The number of nitro groups is 1. The minimum atomic E-state index is -5.79. The molecule has 1 heterocycles. The maximum atomic E-state index is 14.1. The van der Waals surface area contributed by atoms with Gasteiger partial charge in [-0.3, -0.25) is 14.9 Å². The second kappa shape index (κ2) is 6.82. The van der Waals surface area contributed by atoms with Crippen LogP contribution in [0.25, 0.3) is 5.69 Å².